The van der Waals surface area contributed by atoms with Gasteiger partial charge in [0, 0.05) is 39.1 Å². The average Bonchev–Trinajstić information content (AvgIpc) is 3.31. The van der Waals surface area contributed by atoms with Crippen molar-refractivity contribution >= 4 is 27.9 Å². The number of hydrogen-bond donors (Lipinski definition) is 1. The van der Waals surface area contributed by atoms with E-state index in [9.17, 15) is 0 Å². The molecule has 5 rings (SSSR count). The van der Waals surface area contributed by atoms with Gasteiger partial charge in [-0.15, -0.1) is 0 Å². The molecular formula is C28H30N2. The number of fused-ring (bicyclic) bond motifs is 4. The standard InChI is InChI=1S/C28H30N2/c1-18(2)16-21-17-28(5,30-26-13-9-7-11-23(26)20(4)27(21)30)15-14-24-19(3)22-10-6-8-12-25(22)29-24/h6-16,21,29H,17H2,1-5H3/b15-14+/t21-,28-/m0/s1. The fourth-order valence-electron chi connectivity index (χ4n) is 5.46. The van der Waals surface area contributed by atoms with E-state index < -0.39 is 0 Å². The van der Waals surface area contributed by atoms with Crippen LogP contribution in [0.4, 0.5) is 0 Å². The summed E-state index contributed by atoms with van der Waals surface area (Å²) in [5.74, 6) is 0.445. The summed E-state index contributed by atoms with van der Waals surface area (Å²) in [6, 6.07) is 17.4. The van der Waals surface area contributed by atoms with Crippen LogP contribution in [-0.2, 0) is 5.54 Å². The fraction of sp³-hybridized carbons (Fsp3) is 0.286. The van der Waals surface area contributed by atoms with Crippen molar-refractivity contribution in [2.24, 2.45) is 0 Å². The van der Waals surface area contributed by atoms with Crippen LogP contribution in [0.5, 0.6) is 0 Å². The molecule has 0 unspecified atom stereocenters. The summed E-state index contributed by atoms with van der Waals surface area (Å²) >= 11 is 0. The molecule has 3 heterocycles. The lowest BCUT2D eigenvalue weighted by atomic mass is 9.89. The zero-order valence-electron chi connectivity index (χ0n) is 18.6. The first kappa shape index (κ1) is 19.0. The summed E-state index contributed by atoms with van der Waals surface area (Å²) in [6.07, 6.45) is 8.26. The highest BCUT2D eigenvalue weighted by Crippen LogP contribution is 2.48. The number of aromatic nitrogens is 2. The lowest BCUT2D eigenvalue weighted by Crippen LogP contribution is -2.23. The van der Waals surface area contributed by atoms with Gasteiger partial charge in [0.2, 0.25) is 0 Å². The van der Waals surface area contributed by atoms with Crippen LogP contribution in [-0.4, -0.2) is 9.55 Å². The van der Waals surface area contributed by atoms with Crippen molar-refractivity contribution in [3.8, 4) is 0 Å². The van der Waals surface area contributed by atoms with Crippen LogP contribution in [0.15, 0.2) is 66.3 Å². The maximum atomic E-state index is 3.61. The van der Waals surface area contributed by atoms with Crippen molar-refractivity contribution in [2.75, 3.05) is 0 Å². The van der Waals surface area contributed by atoms with Gasteiger partial charge < -0.3 is 9.55 Å². The van der Waals surface area contributed by atoms with Crippen LogP contribution in [0.2, 0.25) is 0 Å². The molecule has 0 amide bonds. The molecule has 2 atom stereocenters. The van der Waals surface area contributed by atoms with Gasteiger partial charge in [-0.2, -0.15) is 0 Å². The Kier molecular flexibility index (Phi) is 4.28. The Hall–Kier alpha value is -3.00. The molecule has 1 aliphatic heterocycles. The minimum Gasteiger partial charge on any atom is -0.355 e. The Bertz CT molecular complexity index is 1320. The van der Waals surface area contributed by atoms with Crippen LogP contribution in [0.1, 0.15) is 55.6 Å². The highest BCUT2D eigenvalue weighted by atomic mass is 15.1. The number of benzene rings is 2. The number of hydrogen-bond acceptors (Lipinski definition) is 0. The molecule has 1 N–H and O–H groups in total. The molecule has 4 aromatic rings. The van der Waals surface area contributed by atoms with Gasteiger partial charge in [-0.3, -0.25) is 0 Å². The topological polar surface area (TPSA) is 20.7 Å². The van der Waals surface area contributed by atoms with Crippen LogP contribution in [0.25, 0.3) is 27.9 Å². The van der Waals surface area contributed by atoms with E-state index in [0.29, 0.717) is 5.92 Å². The Morgan fingerprint density at radius 1 is 1.00 bits per heavy atom. The van der Waals surface area contributed by atoms with Gasteiger partial charge in [0.1, 0.15) is 0 Å². The first-order valence-corrected chi connectivity index (χ1v) is 10.9. The Morgan fingerprint density at radius 3 is 2.43 bits per heavy atom. The highest BCUT2D eigenvalue weighted by Gasteiger charge is 2.40. The van der Waals surface area contributed by atoms with Gasteiger partial charge in [-0.05, 0) is 70.4 Å². The predicted octanol–water partition coefficient (Wildman–Crippen LogP) is 7.62. The van der Waals surface area contributed by atoms with E-state index in [1.807, 2.05) is 0 Å². The summed E-state index contributed by atoms with van der Waals surface area (Å²) in [4.78, 5) is 3.61. The number of aromatic amines is 1. The van der Waals surface area contributed by atoms with E-state index in [-0.39, 0.29) is 5.54 Å². The Morgan fingerprint density at radius 2 is 1.70 bits per heavy atom. The van der Waals surface area contributed by atoms with Crippen molar-refractivity contribution in [3.63, 3.8) is 0 Å². The second kappa shape index (κ2) is 6.77. The third-order valence-electron chi connectivity index (χ3n) is 6.82. The molecule has 0 radical (unpaired) electrons. The molecule has 0 spiro atoms. The predicted molar refractivity (Wildman–Crippen MR) is 129 cm³/mol. The van der Waals surface area contributed by atoms with Gasteiger partial charge in [0.25, 0.3) is 0 Å². The maximum Gasteiger partial charge on any atom is 0.0616 e. The molecule has 2 aromatic carbocycles. The molecule has 0 saturated carbocycles. The van der Waals surface area contributed by atoms with Crippen molar-refractivity contribution in [3.05, 3.63) is 88.8 Å². The zero-order valence-corrected chi connectivity index (χ0v) is 18.6. The molecule has 1 aliphatic rings. The van der Waals surface area contributed by atoms with E-state index in [1.54, 1.807) is 0 Å². The normalized spacial score (nSPS) is 21.0. The van der Waals surface area contributed by atoms with Crippen LogP contribution in [0, 0.1) is 13.8 Å². The first-order chi connectivity index (χ1) is 14.4. The summed E-state index contributed by atoms with van der Waals surface area (Å²) in [5.41, 5.74) is 9.28. The van der Waals surface area contributed by atoms with E-state index in [1.165, 1.54) is 49.9 Å². The fourth-order valence-corrected chi connectivity index (χ4v) is 5.46. The SMILES string of the molecule is CC(C)=C[C@H]1C[C@](C)(/C=C/c2[nH]c3ccccc3c2C)n2c1c(C)c1ccccc12. The molecule has 152 valence electrons. The molecule has 2 nitrogen and oxygen atoms in total. The molecule has 0 saturated heterocycles. The van der Waals surface area contributed by atoms with Crippen molar-refractivity contribution in [1.29, 1.82) is 0 Å². The van der Waals surface area contributed by atoms with Crippen molar-refractivity contribution < 1.29 is 0 Å². The Balaban J connectivity index is 1.67. The van der Waals surface area contributed by atoms with E-state index in [0.717, 1.165) is 6.42 Å². The lowest BCUT2D eigenvalue weighted by Gasteiger charge is -2.25. The van der Waals surface area contributed by atoms with Crippen LogP contribution >= 0.6 is 0 Å². The number of nitrogens with one attached hydrogen (secondary N) is 1. The minimum atomic E-state index is -0.0659. The average molecular weight is 395 g/mol. The number of H-pyrrole nitrogens is 1. The van der Waals surface area contributed by atoms with Gasteiger partial charge in [-0.1, -0.05) is 54.1 Å². The monoisotopic (exact) mass is 394 g/mol. The third kappa shape index (κ3) is 2.78. The minimum absolute atomic E-state index is 0.0659. The smallest absolute Gasteiger partial charge is 0.0616 e. The molecule has 2 aromatic heterocycles. The molecule has 0 bridgehead atoms. The van der Waals surface area contributed by atoms with Gasteiger partial charge in [0.15, 0.2) is 0 Å². The van der Waals surface area contributed by atoms with E-state index in [2.05, 4.69) is 111 Å². The van der Waals surface area contributed by atoms with Crippen molar-refractivity contribution in [1.82, 2.24) is 9.55 Å². The summed E-state index contributed by atoms with van der Waals surface area (Å²) < 4.78 is 2.59. The quantitative estimate of drug-likeness (QED) is 0.345. The summed E-state index contributed by atoms with van der Waals surface area (Å²) in [6.45, 7) is 11.3. The van der Waals surface area contributed by atoms with Gasteiger partial charge >= 0.3 is 0 Å². The lowest BCUT2D eigenvalue weighted by molar-refractivity contribution is 0.439. The zero-order chi connectivity index (χ0) is 21.0. The largest absolute Gasteiger partial charge is 0.355 e. The summed E-state index contributed by atoms with van der Waals surface area (Å²) in [7, 11) is 0. The summed E-state index contributed by atoms with van der Waals surface area (Å²) in [5, 5.41) is 2.68. The van der Waals surface area contributed by atoms with Crippen LogP contribution in [0.3, 0.4) is 0 Å². The molecular weight excluding hydrogens is 364 g/mol. The van der Waals surface area contributed by atoms with E-state index >= 15 is 0 Å². The number of nitrogens with zero attached hydrogens (tertiary/aromatic N) is 1. The molecule has 30 heavy (non-hydrogen) atoms. The first-order valence-electron chi connectivity index (χ1n) is 10.9. The molecule has 0 aliphatic carbocycles. The third-order valence-corrected chi connectivity index (χ3v) is 6.82. The highest BCUT2D eigenvalue weighted by molar-refractivity contribution is 5.88. The number of para-hydroxylation sites is 2. The van der Waals surface area contributed by atoms with Crippen molar-refractivity contribution in [2.45, 2.75) is 52.5 Å². The molecule has 2 heteroatoms. The second-order valence-electron chi connectivity index (χ2n) is 9.32. The number of rotatable bonds is 3. The second-order valence-corrected chi connectivity index (χ2v) is 9.32. The molecule has 0 fully saturated rings. The van der Waals surface area contributed by atoms with Gasteiger partial charge in [0.05, 0.1) is 5.54 Å². The maximum absolute atomic E-state index is 3.61. The Labute approximate surface area is 178 Å². The van der Waals surface area contributed by atoms with Gasteiger partial charge in [-0.25, -0.2) is 0 Å². The van der Waals surface area contributed by atoms with E-state index in [4.69, 9.17) is 0 Å². The number of allylic oxidation sites excluding steroid dienone is 3. The van der Waals surface area contributed by atoms with Crippen LogP contribution < -0.4 is 0 Å². The number of aryl methyl sites for hydroxylation is 2.